The molecule has 0 aliphatic carbocycles. The number of carbonyl (C=O) groups excluding carboxylic acids is 1. The molecule has 0 atom stereocenters. The summed E-state index contributed by atoms with van der Waals surface area (Å²) in [6.45, 7) is 4.48. The van der Waals surface area contributed by atoms with Crippen molar-refractivity contribution >= 4 is 11.6 Å². The molecule has 0 fully saturated rings. The van der Waals surface area contributed by atoms with Gasteiger partial charge in [0, 0.05) is 31.5 Å². The summed E-state index contributed by atoms with van der Waals surface area (Å²) < 4.78 is 10.9. The van der Waals surface area contributed by atoms with Gasteiger partial charge in [-0.05, 0) is 48.2 Å². The topological polar surface area (TPSA) is 63.7 Å². The third kappa shape index (κ3) is 4.55. The molecule has 1 aliphatic rings. The van der Waals surface area contributed by atoms with Crippen LogP contribution in [0.1, 0.15) is 47.8 Å². The summed E-state index contributed by atoms with van der Waals surface area (Å²) in [6, 6.07) is 7.94. The number of hydrogen-bond donors (Lipinski definition) is 1. The van der Waals surface area contributed by atoms with Crippen LogP contribution in [0.3, 0.4) is 0 Å². The van der Waals surface area contributed by atoms with Gasteiger partial charge in [0.05, 0.1) is 14.2 Å². The van der Waals surface area contributed by atoms with E-state index < -0.39 is 0 Å². The number of pyridine rings is 1. The summed E-state index contributed by atoms with van der Waals surface area (Å²) in [6.07, 6.45) is 5.87. The Hall–Kier alpha value is -2.76. The van der Waals surface area contributed by atoms with Crippen molar-refractivity contribution in [1.29, 1.82) is 0 Å². The van der Waals surface area contributed by atoms with E-state index in [1.165, 1.54) is 11.1 Å². The van der Waals surface area contributed by atoms with Crippen molar-refractivity contribution in [3.05, 3.63) is 47.3 Å². The maximum absolute atomic E-state index is 12.4. The number of unbranched alkanes of at least 4 members (excludes halogenated alkanes) is 2. The van der Waals surface area contributed by atoms with Crippen LogP contribution >= 0.6 is 0 Å². The molecular formula is C22H29N3O3. The number of amides is 1. The van der Waals surface area contributed by atoms with Crippen molar-refractivity contribution in [2.75, 3.05) is 32.2 Å². The van der Waals surface area contributed by atoms with E-state index in [1.807, 2.05) is 18.2 Å². The van der Waals surface area contributed by atoms with E-state index in [4.69, 9.17) is 9.47 Å². The second-order valence-corrected chi connectivity index (χ2v) is 7.01. The molecule has 0 saturated heterocycles. The van der Waals surface area contributed by atoms with Crippen molar-refractivity contribution in [3.63, 3.8) is 0 Å². The van der Waals surface area contributed by atoms with Gasteiger partial charge in [-0.3, -0.25) is 9.78 Å². The van der Waals surface area contributed by atoms with E-state index in [0.29, 0.717) is 12.2 Å². The van der Waals surface area contributed by atoms with Crippen LogP contribution in [-0.4, -0.2) is 38.2 Å². The summed E-state index contributed by atoms with van der Waals surface area (Å²) in [7, 11) is 3.31. The first-order valence-corrected chi connectivity index (χ1v) is 9.89. The van der Waals surface area contributed by atoms with Gasteiger partial charge >= 0.3 is 0 Å². The monoisotopic (exact) mass is 383 g/mol. The van der Waals surface area contributed by atoms with Gasteiger partial charge in [0.1, 0.15) is 5.69 Å². The van der Waals surface area contributed by atoms with Gasteiger partial charge in [-0.1, -0.05) is 19.8 Å². The van der Waals surface area contributed by atoms with Gasteiger partial charge in [-0.15, -0.1) is 0 Å². The Bertz CT molecular complexity index is 823. The Morgan fingerprint density at radius 1 is 1.14 bits per heavy atom. The van der Waals surface area contributed by atoms with E-state index in [2.05, 4.69) is 28.2 Å². The first-order valence-electron chi connectivity index (χ1n) is 9.89. The summed E-state index contributed by atoms with van der Waals surface area (Å²) in [5.41, 5.74) is 3.96. The molecule has 1 aromatic heterocycles. The van der Waals surface area contributed by atoms with Gasteiger partial charge in [-0.2, -0.15) is 0 Å². The maximum atomic E-state index is 12.4. The van der Waals surface area contributed by atoms with Crippen molar-refractivity contribution < 1.29 is 14.3 Å². The summed E-state index contributed by atoms with van der Waals surface area (Å²) >= 11 is 0. The van der Waals surface area contributed by atoms with Crippen LogP contribution in [-0.2, 0) is 13.0 Å². The highest BCUT2D eigenvalue weighted by Crippen LogP contribution is 2.34. The minimum absolute atomic E-state index is 0.109. The molecule has 6 heteroatoms. The van der Waals surface area contributed by atoms with Gasteiger partial charge in [0.15, 0.2) is 11.5 Å². The smallest absolute Gasteiger partial charge is 0.269 e. The number of nitrogens with one attached hydrogen (secondary N) is 1. The number of fused-ring (bicyclic) bond motifs is 1. The Labute approximate surface area is 166 Å². The van der Waals surface area contributed by atoms with Gasteiger partial charge in [0.2, 0.25) is 0 Å². The number of nitrogens with zero attached hydrogens (tertiary/aromatic N) is 2. The quantitative estimate of drug-likeness (QED) is 0.706. The number of aromatic nitrogens is 1. The summed E-state index contributed by atoms with van der Waals surface area (Å²) in [4.78, 5) is 18.9. The van der Waals surface area contributed by atoms with Gasteiger partial charge < -0.3 is 19.7 Å². The van der Waals surface area contributed by atoms with E-state index in [1.54, 1.807) is 20.4 Å². The molecule has 3 rings (SSSR count). The molecule has 0 spiro atoms. The fraction of sp³-hybridized carbons (Fsp3) is 0.455. The van der Waals surface area contributed by atoms with Gasteiger partial charge in [0.25, 0.3) is 5.91 Å². The minimum atomic E-state index is -0.109. The molecule has 150 valence electrons. The van der Waals surface area contributed by atoms with Crippen molar-refractivity contribution in [3.8, 4) is 11.5 Å². The Kier molecular flexibility index (Phi) is 6.74. The highest BCUT2D eigenvalue weighted by atomic mass is 16.5. The lowest BCUT2D eigenvalue weighted by Gasteiger charge is -2.31. The molecule has 2 aromatic rings. The third-order valence-corrected chi connectivity index (χ3v) is 5.13. The average Bonchev–Trinajstić information content (AvgIpc) is 2.75. The number of carbonyl (C=O) groups is 1. The van der Waals surface area contributed by atoms with Crippen LogP contribution < -0.4 is 19.7 Å². The van der Waals surface area contributed by atoms with Crippen molar-refractivity contribution in [2.24, 2.45) is 0 Å². The molecule has 0 bridgehead atoms. The molecular weight excluding hydrogens is 354 g/mol. The highest BCUT2D eigenvalue weighted by Gasteiger charge is 2.20. The maximum Gasteiger partial charge on any atom is 0.269 e. The Morgan fingerprint density at radius 2 is 1.89 bits per heavy atom. The SMILES string of the molecule is CCCCCNC(=O)c1cc(N2CCc3cc(OC)c(OC)cc3C2)ccn1. The number of hydrogen-bond acceptors (Lipinski definition) is 5. The third-order valence-electron chi connectivity index (χ3n) is 5.13. The highest BCUT2D eigenvalue weighted by molar-refractivity contribution is 5.93. The first kappa shape index (κ1) is 20.0. The Morgan fingerprint density at radius 3 is 2.61 bits per heavy atom. The number of rotatable bonds is 8. The second kappa shape index (κ2) is 9.44. The fourth-order valence-electron chi connectivity index (χ4n) is 3.51. The molecule has 1 N–H and O–H groups in total. The predicted molar refractivity (Wildman–Crippen MR) is 110 cm³/mol. The van der Waals surface area contributed by atoms with Crippen LogP contribution in [0.15, 0.2) is 30.5 Å². The average molecular weight is 383 g/mol. The summed E-state index contributed by atoms with van der Waals surface area (Å²) in [5, 5.41) is 2.96. The molecule has 2 heterocycles. The minimum Gasteiger partial charge on any atom is -0.493 e. The van der Waals surface area contributed by atoms with Crippen LogP contribution in [0, 0.1) is 0 Å². The molecule has 0 radical (unpaired) electrons. The normalized spacial score (nSPS) is 13.0. The summed E-state index contributed by atoms with van der Waals surface area (Å²) in [5.74, 6) is 1.40. The van der Waals surface area contributed by atoms with Crippen molar-refractivity contribution in [2.45, 2.75) is 39.2 Å². The number of benzene rings is 1. The number of methoxy groups -OCH3 is 2. The lowest BCUT2D eigenvalue weighted by molar-refractivity contribution is 0.0948. The van der Waals surface area contributed by atoms with Crippen LogP contribution in [0.2, 0.25) is 0 Å². The molecule has 0 saturated carbocycles. The van der Waals surface area contributed by atoms with Crippen LogP contribution in [0.25, 0.3) is 0 Å². The van der Waals surface area contributed by atoms with E-state index in [9.17, 15) is 4.79 Å². The van der Waals surface area contributed by atoms with Crippen LogP contribution in [0.4, 0.5) is 5.69 Å². The molecule has 1 amide bonds. The molecule has 1 aliphatic heterocycles. The lowest BCUT2D eigenvalue weighted by Crippen LogP contribution is -2.31. The number of anilines is 1. The number of ether oxygens (including phenoxy) is 2. The van der Waals surface area contributed by atoms with Gasteiger partial charge in [-0.25, -0.2) is 0 Å². The zero-order valence-electron chi connectivity index (χ0n) is 17.0. The standard InChI is InChI=1S/C22H29N3O3/c1-4-5-6-9-24-22(26)19-14-18(7-10-23-19)25-11-8-16-12-20(27-2)21(28-3)13-17(16)15-25/h7,10,12-14H,4-6,8-9,11,15H2,1-3H3,(H,24,26). The van der Waals surface area contributed by atoms with Crippen LogP contribution in [0.5, 0.6) is 11.5 Å². The van der Waals surface area contributed by atoms with Crippen molar-refractivity contribution in [1.82, 2.24) is 10.3 Å². The lowest BCUT2D eigenvalue weighted by atomic mass is 9.98. The van der Waals surface area contributed by atoms with E-state index in [0.717, 1.165) is 56.0 Å². The fourth-order valence-corrected chi connectivity index (χ4v) is 3.51. The molecule has 0 unspecified atom stereocenters. The molecule has 1 aromatic carbocycles. The molecule has 28 heavy (non-hydrogen) atoms. The molecule has 6 nitrogen and oxygen atoms in total. The second-order valence-electron chi connectivity index (χ2n) is 7.01. The largest absolute Gasteiger partial charge is 0.493 e. The first-order chi connectivity index (χ1) is 13.7. The van der Waals surface area contributed by atoms with E-state index >= 15 is 0 Å². The van der Waals surface area contributed by atoms with E-state index in [-0.39, 0.29) is 5.91 Å². The zero-order valence-corrected chi connectivity index (χ0v) is 17.0. The zero-order chi connectivity index (χ0) is 19.9. The predicted octanol–water partition coefficient (Wildman–Crippen LogP) is 3.58. The Balaban J connectivity index is 1.72.